The summed E-state index contributed by atoms with van der Waals surface area (Å²) in [7, 11) is 0. The molecule has 2 heterocycles. The number of aromatic hydroxyl groups is 1. The summed E-state index contributed by atoms with van der Waals surface area (Å²) in [6, 6.07) is 14.6. The van der Waals surface area contributed by atoms with E-state index in [0.29, 0.717) is 18.0 Å². The lowest BCUT2D eigenvalue weighted by Crippen LogP contribution is -2.35. The van der Waals surface area contributed by atoms with Crippen LogP contribution in [0.1, 0.15) is 13.3 Å². The lowest BCUT2D eigenvalue weighted by atomic mass is 10.2. The predicted molar refractivity (Wildman–Crippen MR) is 99.8 cm³/mol. The van der Waals surface area contributed by atoms with Gasteiger partial charge < -0.3 is 19.1 Å². The molecule has 1 aliphatic rings. The number of fused-ring (bicyclic) bond motifs is 2. The van der Waals surface area contributed by atoms with Gasteiger partial charge in [-0.2, -0.15) is 0 Å². The summed E-state index contributed by atoms with van der Waals surface area (Å²) in [4.78, 5) is 12.4. The van der Waals surface area contributed by atoms with Crippen LogP contribution in [-0.2, 0) is 11.3 Å². The Morgan fingerprint density at radius 1 is 1.19 bits per heavy atom. The van der Waals surface area contributed by atoms with Crippen LogP contribution >= 0.6 is 0 Å². The van der Waals surface area contributed by atoms with Crippen molar-refractivity contribution in [3.05, 3.63) is 48.5 Å². The van der Waals surface area contributed by atoms with E-state index in [1.165, 1.54) is 0 Å². The van der Waals surface area contributed by atoms with Crippen LogP contribution in [0, 0.1) is 0 Å². The summed E-state index contributed by atoms with van der Waals surface area (Å²) in [5.74, 6) is 0.537. The zero-order valence-corrected chi connectivity index (χ0v) is 14.8. The SMILES string of the molecule is CCCn1c(O)c(N=NC(=O)C2COc3ccccc3O2)c2ccccc21. The van der Waals surface area contributed by atoms with Crippen molar-refractivity contribution in [3.8, 4) is 17.4 Å². The summed E-state index contributed by atoms with van der Waals surface area (Å²) >= 11 is 0. The Morgan fingerprint density at radius 3 is 2.74 bits per heavy atom. The molecule has 0 saturated carbocycles. The maximum atomic E-state index is 12.4. The van der Waals surface area contributed by atoms with Gasteiger partial charge in [0.15, 0.2) is 17.2 Å². The Balaban J connectivity index is 1.60. The number of hydrogen-bond acceptors (Lipinski definition) is 5. The molecular formula is C20H19N3O4. The normalized spacial score (nSPS) is 16.1. The number of rotatable bonds is 4. The first kappa shape index (κ1) is 17.1. The van der Waals surface area contributed by atoms with Crippen molar-refractivity contribution in [3.63, 3.8) is 0 Å². The monoisotopic (exact) mass is 365 g/mol. The van der Waals surface area contributed by atoms with E-state index in [9.17, 15) is 9.90 Å². The van der Waals surface area contributed by atoms with Crippen molar-refractivity contribution in [2.75, 3.05) is 6.61 Å². The summed E-state index contributed by atoms with van der Waals surface area (Å²) in [6.07, 6.45) is -0.0104. The molecule has 1 atom stereocenters. The number of amides is 1. The van der Waals surface area contributed by atoms with Gasteiger partial charge in [0, 0.05) is 11.9 Å². The quantitative estimate of drug-likeness (QED) is 0.702. The van der Waals surface area contributed by atoms with E-state index in [0.717, 1.165) is 17.3 Å². The maximum absolute atomic E-state index is 12.4. The molecular weight excluding hydrogens is 346 g/mol. The average molecular weight is 365 g/mol. The van der Waals surface area contributed by atoms with Crippen molar-refractivity contribution in [2.45, 2.75) is 26.0 Å². The zero-order chi connectivity index (χ0) is 18.8. The van der Waals surface area contributed by atoms with Gasteiger partial charge in [0.25, 0.3) is 0 Å². The zero-order valence-electron chi connectivity index (χ0n) is 14.8. The van der Waals surface area contributed by atoms with Gasteiger partial charge in [0.2, 0.25) is 12.0 Å². The Labute approximate surface area is 155 Å². The minimum absolute atomic E-state index is 0.000702. The Hall–Kier alpha value is -3.35. The van der Waals surface area contributed by atoms with Crippen molar-refractivity contribution in [2.24, 2.45) is 10.2 Å². The van der Waals surface area contributed by atoms with E-state index < -0.39 is 12.0 Å². The number of benzene rings is 2. The molecule has 1 amide bonds. The van der Waals surface area contributed by atoms with Crippen LogP contribution in [0.5, 0.6) is 17.4 Å². The van der Waals surface area contributed by atoms with Crippen LogP contribution < -0.4 is 9.47 Å². The predicted octanol–water partition coefficient (Wildman–Crippen LogP) is 4.21. The molecule has 3 aromatic rings. The summed E-state index contributed by atoms with van der Waals surface area (Å²) in [6.45, 7) is 2.74. The number of carbonyl (C=O) groups excluding carboxylic acids is 1. The molecule has 2 aromatic carbocycles. The molecule has 0 spiro atoms. The molecule has 0 bridgehead atoms. The number of azo groups is 1. The van der Waals surface area contributed by atoms with Crippen molar-refractivity contribution >= 4 is 22.5 Å². The molecule has 7 heteroatoms. The lowest BCUT2D eigenvalue weighted by molar-refractivity contribution is -0.127. The molecule has 1 aromatic heterocycles. The van der Waals surface area contributed by atoms with E-state index in [1.54, 1.807) is 22.8 Å². The lowest BCUT2D eigenvalue weighted by Gasteiger charge is -2.23. The number of hydrogen-bond donors (Lipinski definition) is 1. The minimum atomic E-state index is -0.866. The van der Waals surface area contributed by atoms with Crippen LogP contribution in [0.4, 0.5) is 5.69 Å². The van der Waals surface area contributed by atoms with E-state index in [2.05, 4.69) is 10.2 Å². The highest BCUT2D eigenvalue weighted by atomic mass is 16.6. The number of carbonyl (C=O) groups is 1. The van der Waals surface area contributed by atoms with Crippen LogP contribution in [0.2, 0.25) is 0 Å². The van der Waals surface area contributed by atoms with E-state index in [-0.39, 0.29) is 18.2 Å². The van der Waals surface area contributed by atoms with Gasteiger partial charge in [-0.25, -0.2) is 0 Å². The maximum Gasteiger partial charge on any atom is 0.308 e. The second kappa shape index (κ2) is 7.11. The van der Waals surface area contributed by atoms with Gasteiger partial charge in [-0.1, -0.05) is 37.3 Å². The van der Waals surface area contributed by atoms with Crippen molar-refractivity contribution < 1.29 is 19.4 Å². The van der Waals surface area contributed by atoms with E-state index in [1.807, 2.05) is 37.3 Å². The molecule has 1 aliphatic heterocycles. The molecule has 0 aliphatic carbocycles. The van der Waals surface area contributed by atoms with Gasteiger partial charge in [0.05, 0.1) is 5.52 Å². The van der Waals surface area contributed by atoms with Crippen LogP contribution in [0.3, 0.4) is 0 Å². The second-order valence-corrected chi connectivity index (χ2v) is 6.24. The molecule has 0 radical (unpaired) electrons. The van der Waals surface area contributed by atoms with E-state index >= 15 is 0 Å². The van der Waals surface area contributed by atoms with Crippen molar-refractivity contribution in [1.82, 2.24) is 4.57 Å². The standard InChI is InChI=1S/C20H19N3O4/c1-2-11-23-14-8-4-3-7-13(14)18(20(23)25)21-22-19(24)17-12-26-15-9-5-6-10-16(15)27-17/h3-10,17,25H,2,11-12H2,1H3. The Morgan fingerprint density at radius 2 is 1.93 bits per heavy atom. The average Bonchev–Trinajstić information content (AvgIpc) is 2.97. The van der Waals surface area contributed by atoms with Gasteiger partial charge >= 0.3 is 5.91 Å². The number of aryl methyl sites for hydroxylation is 1. The molecule has 7 nitrogen and oxygen atoms in total. The molecule has 138 valence electrons. The molecule has 0 fully saturated rings. The van der Waals surface area contributed by atoms with Crippen LogP contribution in [0.25, 0.3) is 10.9 Å². The molecule has 1 N–H and O–H groups in total. The molecule has 27 heavy (non-hydrogen) atoms. The first-order valence-corrected chi connectivity index (χ1v) is 8.83. The Bertz CT molecular complexity index is 1030. The van der Waals surface area contributed by atoms with Gasteiger partial charge in [-0.15, -0.1) is 10.2 Å². The fraction of sp³-hybridized carbons (Fsp3) is 0.250. The molecule has 0 saturated heterocycles. The minimum Gasteiger partial charge on any atom is -0.493 e. The third kappa shape index (κ3) is 3.12. The van der Waals surface area contributed by atoms with Crippen molar-refractivity contribution in [1.29, 1.82) is 0 Å². The fourth-order valence-corrected chi connectivity index (χ4v) is 3.13. The third-order valence-electron chi connectivity index (χ3n) is 4.40. The topological polar surface area (TPSA) is 85.4 Å². The number of para-hydroxylation sites is 3. The largest absolute Gasteiger partial charge is 0.493 e. The van der Waals surface area contributed by atoms with Crippen LogP contribution in [0.15, 0.2) is 58.8 Å². The van der Waals surface area contributed by atoms with Gasteiger partial charge in [-0.3, -0.25) is 4.79 Å². The fourth-order valence-electron chi connectivity index (χ4n) is 3.13. The summed E-state index contributed by atoms with van der Waals surface area (Å²) in [5, 5.41) is 19.1. The number of nitrogens with zero attached hydrogens (tertiary/aromatic N) is 3. The first-order valence-electron chi connectivity index (χ1n) is 8.83. The second-order valence-electron chi connectivity index (χ2n) is 6.24. The highest BCUT2D eigenvalue weighted by Crippen LogP contribution is 2.39. The third-order valence-corrected chi connectivity index (χ3v) is 4.40. The summed E-state index contributed by atoms with van der Waals surface area (Å²) in [5.41, 5.74) is 1.13. The van der Waals surface area contributed by atoms with Gasteiger partial charge in [-0.05, 0) is 24.6 Å². The number of ether oxygens (including phenoxy) is 2. The summed E-state index contributed by atoms with van der Waals surface area (Å²) < 4.78 is 13.0. The van der Waals surface area contributed by atoms with Gasteiger partial charge in [0.1, 0.15) is 6.61 Å². The molecule has 4 rings (SSSR count). The number of aromatic nitrogens is 1. The van der Waals surface area contributed by atoms with Crippen LogP contribution in [-0.4, -0.2) is 28.3 Å². The first-order chi connectivity index (χ1) is 13.2. The smallest absolute Gasteiger partial charge is 0.308 e. The highest BCUT2D eigenvalue weighted by molar-refractivity contribution is 5.95. The Kier molecular flexibility index (Phi) is 4.50. The molecule has 1 unspecified atom stereocenters. The highest BCUT2D eigenvalue weighted by Gasteiger charge is 2.27. The van der Waals surface area contributed by atoms with E-state index in [4.69, 9.17) is 9.47 Å².